The fourth-order valence-electron chi connectivity index (χ4n) is 9.99. The second-order valence-corrected chi connectivity index (χ2v) is 22.3. The van der Waals surface area contributed by atoms with E-state index in [1.807, 2.05) is 85.8 Å². The Balaban J connectivity index is 0.886. The Morgan fingerprint density at radius 1 is 0.859 bits per heavy atom. The lowest BCUT2D eigenvalue weighted by atomic mass is 9.96. The molecule has 1 aromatic heterocycles. The van der Waals surface area contributed by atoms with Crippen LogP contribution >= 0.6 is 30.9 Å². The van der Waals surface area contributed by atoms with Gasteiger partial charge in [-0.2, -0.15) is 0 Å². The first-order valence-corrected chi connectivity index (χ1v) is 27.0. The van der Waals surface area contributed by atoms with Gasteiger partial charge in [0.1, 0.15) is 11.9 Å². The van der Waals surface area contributed by atoms with Gasteiger partial charge in [0.15, 0.2) is 0 Å². The second-order valence-electron chi connectivity index (χ2n) is 18.5. The number of piperazine rings is 1. The van der Waals surface area contributed by atoms with E-state index in [2.05, 4.69) is 62.7 Å². The summed E-state index contributed by atoms with van der Waals surface area (Å²) >= 11 is 7.97. The van der Waals surface area contributed by atoms with Crippen molar-refractivity contribution in [3.63, 3.8) is 0 Å². The minimum atomic E-state index is -3.82. The number of hydrogen-bond donors (Lipinski definition) is 3. The van der Waals surface area contributed by atoms with Gasteiger partial charge < -0.3 is 39.3 Å². The highest BCUT2D eigenvalue weighted by atomic mass is 35.5. The van der Waals surface area contributed by atoms with Crippen molar-refractivity contribution in [3.8, 4) is 22.4 Å². The number of aromatic nitrogens is 1. The molecule has 0 radical (unpaired) electrons. The van der Waals surface area contributed by atoms with Crippen LogP contribution < -0.4 is 25.1 Å². The van der Waals surface area contributed by atoms with Gasteiger partial charge in [0, 0.05) is 108 Å². The molecule has 0 saturated carbocycles. The number of nitrogens with zero attached hydrogens (tertiary/aromatic N) is 6. The summed E-state index contributed by atoms with van der Waals surface area (Å²) in [7, 11) is -3.82. The van der Waals surface area contributed by atoms with Gasteiger partial charge in [0.05, 0.1) is 33.3 Å². The molecule has 3 aliphatic heterocycles. The van der Waals surface area contributed by atoms with Crippen molar-refractivity contribution in [1.82, 2.24) is 9.47 Å². The summed E-state index contributed by atoms with van der Waals surface area (Å²) in [6, 6.07) is 38.1. The first-order valence-electron chi connectivity index (χ1n) is 24.1. The highest BCUT2D eigenvalue weighted by Crippen LogP contribution is 2.56. The van der Waals surface area contributed by atoms with E-state index in [-0.39, 0.29) is 34.7 Å². The lowest BCUT2D eigenvalue weighted by Gasteiger charge is -2.37. The van der Waals surface area contributed by atoms with Crippen LogP contribution in [0.3, 0.4) is 0 Å². The van der Waals surface area contributed by atoms with Gasteiger partial charge in [-0.15, -0.1) is 11.8 Å². The number of nitro groups is 1. The zero-order valence-electron chi connectivity index (χ0n) is 40.1. The summed E-state index contributed by atoms with van der Waals surface area (Å²) in [5.74, 6) is -0.295. The Morgan fingerprint density at radius 2 is 1.54 bits per heavy atom. The summed E-state index contributed by atoms with van der Waals surface area (Å²) in [6.07, 6.45) is 4.93. The van der Waals surface area contributed by atoms with Crippen LogP contribution in [0.5, 0.6) is 0 Å². The van der Waals surface area contributed by atoms with Crippen molar-refractivity contribution >= 4 is 70.6 Å². The van der Waals surface area contributed by atoms with Crippen LogP contribution in [-0.4, -0.2) is 94.3 Å². The summed E-state index contributed by atoms with van der Waals surface area (Å²) in [5.41, 5.74) is 7.01. The fraction of sp³-hybridized carbons (Fsp3) is 0.315. The zero-order valence-corrected chi connectivity index (χ0v) is 42.5. The van der Waals surface area contributed by atoms with Crippen molar-refractivity contribution in [2.24, 2.45) is 0 Å². The Morgan fingerprint density at radius 3 is 2.20 bits per heavy atom. The molecular weight excluding hydrogens is 957 g/mol. The molecule has 3 aliphatic rings. The Kier molecular flexibility index (Phi) is 15.2. The molecule has 1 unspecified atom stereocenters. The van der Waals surface area contributed by atoms with Gasteiger partial charge >= 0.3 is 13.5 Å². The van der Waals surface area contributed by atoms with E-state index in [1.165, 1.54) is 12.3 Å². The average Bonchev–Trinajstić information content (AvgIpc) is 3.93. The summed E-state index contributed by atoms with van der Waals surface area (Å²) in [4.78, 5) is 33.2. The lowest BCUT2D eigenvalue weighted by molar-refractivity contribution is -0.383. The van der Waals surface area contributed by atoms with E-state index < -0.39 is 18.4 Å². The van der Waals surface area contributed by atoms with Crippen molar-refractivity contribution in [3.05, 3.63) is 160 Å². The molecule has 2 atom stereocenters. The molecule has 71 heavy (non-hydrogen) atoms. The number of nitrogens with one attached hydrogen (secondary N) is 1. The number of aliphatic hydroxyl groups is 1. The number of anilines is 4. The molecule has 4 heterocycles. The van der Waals surface area contributed by atoms with Crippen molar-refractivity contribution < 1.29 is 29.0 Å². The molecule has 2 fully saturated rings. The third kappa shape index (κ3) is 10.9. The molecule has 370 valence electrons. The molecule has 3 N–H and O–H groups in total. The standard InChI is InChI=1S/C54H59ClN7O7PS/c1-37(2)61-38(3)51(54(64)65)52(53(61)39-12-14-41(55)15-13-39)40-8-7-9-45(34-40)59-30-28-58(29-31-59)43-16-18-44(19-17-43)60-32-33-69-70(60,68)47-20-21-49(50(35-47)62(66)67)56-42(36-71-48-10-5-4-6-11-48)22-25-57-26-23-46(63)24-27-57/h4-21,32-35,37,42,46,56,63H,22-31,36H2,1-3H3,(H,64,65)/t42?,70-/m0/s1. The quantitative estimate of drug-likeness (QED) is 0.0344. The molecular formula is C54H59ClN7O7PS. The topological polar surface area (TPSA) is 157 Å². The van der Waals surface area contributed by atoms with Crippen LogP contribution in [0.2, 0.25) is 5.02 Å². The molecule has 17 heteroatoms. The van der Waals surface area contributed by atoms with Crippen LogP contribution in [0.15, 0.2) is 139 Å². The normalized spacial score (nSPS) is 18.0. The van der Waals surface area contributed by atoms with Gasteiger partial charge in [-0.25, -0.2) is 9.36 Å². The van der Waals surface area contributed by atoms with Gasteiger partial charge in [-0.1, -0.05) is 54.1 Å². The number of benzene rings is 5. The number of carboxylic acid groups (broad SMARTS) is 1. The van der Waals surface area contributed by atoms with E-state index >= 15 is 0 Å². The zero-order chi connectivity index (χ0) is 49.8. The predicted octanol–water partition coefficient (Wildman–Crippen LogP) is 11.5. The van der Waals surface area contributed by atoms with Gasteiger partial charge in [0.2, 0.25) is 0 Å². The molecule has 0 aliphatic carbocycles. The third-order valence-electron chi connectivity index (χ3n) is 13.7. The maximum absolute atomic E-state index is 14.8. The number of piperidine rings is 1. The van der Waals surface area contributed by atoms with Crippen molar-refractivity contribution in [2.45, 2.75) is 63.1 Å². The molecule has 0 bridgehead atoms. The van der Waals surface area contributed by atoms with Crippen molar-refractivity contribution in [1.29, 1.82) is 0 Å². The van der Waals surface area contributed by atoms with Crippen LogP contribution in [0, 0.1) is 17.0 Å². The summed E-state index contributed by atoms with van der Waals surface area (Å²) < 4.78 is 24.3. The van der Waals surface area contributed by atoms with E-state index in [9.17, 15) is 29.7 Å². The number of likely N-dealkylation sites (tertiary alicyclic amines) is 1. The number of thioether (sulfide) groups is 1. The maximum Gasteiger partial charge on any atom is 0.378 e. The second kappa shape index (κ2) is 21.6. The number of halogens is 1. The van der Waals surface area contributed by atoms with Crippen LogP contribution in [-0.2, 0) is 9.09 Å². The smallest absolute Gasteiger partial charge is 0.378 e. The van der Waals surface area contributed by atoms with Crippen LogP contribution in [0.25, 0.3) is 22.4 Å². The van der Waals surface area contributed by atoms with E-state index in [0.29, 0.717) is 33.4 Å². The van der Waals surface area contributed by atoms with Crippen LogP contribution in [0.4, 0.5) is 28.4 Å². The maximum atomic E-state index is 14.8. The average molecular weight is 1020 g/mol. The van der Waals surface area contributed by atoms with Gasteiger partial charge in [0.25, 0.3) is 5.69 Å². The Labute approximate surface area is 424 Å². The third-order valence-corrected chi connectivity index (χ3v) is 17.4. The molecule has 9 rings (SSSR count). The van der Waals surface area contributed by atoms with E-state index in [1.54, 1.807) is 34.8 Å². The summed E-state index contributed by atoms with van der Waals surface area (Å²) in [6.45, 7) is 11.3. The first kappa shape index (κ1) is 49.7. The molecule has 0 spiro atoms. The number of aromatic carboxylic acids is 1. The highest BCUT2D eigenvalue weighted by Gasteiger charge is 2.39. The number of rotatable bonds is 17. The lowest BCUT2D eigenvalue weighted by Crippen LogP contribution is -2.46. The monoisotopic (exact) mass is 1020 g/mol. The number of nitro benzene ring substituents is 1. The van der Waals surface area contributed by atoms with E-state index in [4.69, 9.17) is 16.1 Å². The largest absolute Gasteiger partial charge is 0.478 e. The number of carbonyl (C=O) groups is 1. The molecule has 2 saturated heterocycles. The molecule has 14 nitrogen and oxygen atoms in total. The number of hydrogen-bond acceptors (Lipinski definition) is 11. The first-order chi connectivity index (χ1) is 34.3. The SMILES string of the molecule is Cc1c(C(=O)O)c(-c2cccc(N3CCN(c4ccc(N5C=CO[P@@]5(=O)c5ccc(NC(CCN6CCC(O)CC6)CSc6ccccc6)c([N+](=O)[O-])c5)cc4)CC3)c2)c(-c2ccc(Cl)cc2)n1C(C)C. The fourth-order valence-corrected chi connectivity index (χ4v) is 13.0. The molecule has 0 amide bonds. The van der Waals surface area contributed by atoms with Gasteiger partial charge in [-0.05, 0) is 124 Å². The van der Waals surface area contributed by atoms with E-state index in [0.717, 1.165) is 98.2 Å². The van der Waals surface area contributed by atoms with Crippen LogP contribution in [0.1, 0.15) is 55.2 Å². The molecule has 6 aromatic rings. The Hall–Kier alpha value is -6.22. The number of carboxylic acids is 1. The number of aliphatic hydroxyl groups excluding tert-OH is 1. The molecule has 5 aromatic carbocycles. The Bertz CT molecular complexity index is 2940. The predicted molar refractivity (Wildman–Crippen MR) is 287 cm³/mol. The summed E-state index contributed by atoms with van der Waals surface area (Å²) in [5, 5.41) is 37.6. The van der Waals surface area contributed by atoms with Gasteiger partial charge in [-0.3, -0.25) is 14.8 Å². The minimum Gasteiger partial charge on any atom is -0.478 e. The highest BCUT2D eigenvalue weighted by molar-refractivity contribution is 7.99. The van der Waals surface area contributed by atoms with Crippen molar-refractivity contribution in [2.75, 3.05) is 71.4 Å². The minimum absolute atomic E-state index is 0.0129.